The molecule has 1 atom stereocenters. The molecule has 0 bridgehead atoms. The van der Waals surface area contributed by atoms with E-state index in [1.165, 1.54) is 0 Å². The van der Waals surface area contributed by atoms with Crippen LogP contribution in [0.1, 0.15) is 19.3 Å². The Bertz CT molecular complexity index is 581. The molecule has 0 aromatic heterocycles. The SMILES string of the molecule is OBOc1ccc2cc(OC3CCCCO3)ccc2c1. The van der Waals surface area contributed by atoms with Gasteiger partial charge in [0, 0.05) is 6.42 Å². The van der Waals surface area contributed by atoms with Crippen molar-refractivity contribution < 1.29 is 19.2 Å². The fourth-order valence-electron chi connectivity index (χ4n) is 2.40. The van der Waals surface area contributed by atoms with Gasteiger partial charge in [0.05, 0.1) is 6.61 Å². The van der Waals surface area contributed by atoms with Gasteiger partial charge in [-0.1, -0.05) is 12.1 Å². The number of hydrogen-bond donors (Lipinski definition) is 1. The first-order valence-electron chi connectivity index (χ1n) is 6.91. The van der Waals surface area contributed by atoms with Gasteiger partial charge in [-0.25, -0.2) is 0 Å². The summed E-state index contributed by atoms with van der Waals surface area (Å²) in [6.07, 6.45) is 3.09. The summed E-state index contributed by atoms with van der Waals surface area (Å²) in [7, 11) is -0.314. The summed E-state index contributed by atoms with van der Waals surface area (Å²) in [6.45, 7) is 0.778. The lowest BCUT2D eigenvalue weighted by atomic mass is 10.1. The van der Waals surface area contributed by atoms with Crippen molar-refractivity contribution in [3.8, 4) is 11.5 Å². The zero-order valence-electron chi connectivity index (χ0n) is 11.2. The van der Waals surface area contributed by atoms with Crippen LogP contribution in [0.2, 0.25) is 0 Å². The normalized spacial score (nSPS) is 18.8. The Balaban J connectivity index is 1.77. The summed E-state index contributed by atoms with van der Waals surface area (Å²) in [5.74, 6) is 1.48. The first-order valence-corrected chi connectivity index (χ1v) is 6.91. The number of fused-ring (bicyclic) bond motifs is 1. The third-order valence-electron chi connectivity index (χ3n) is 3.42. The second-order valence-electron chi connectivity index (χ2n) is 4.86. The van der Waals surface area contributed by atoms with Crippen molar-refractivity contribution >= 4 is 18.5 Å². The summed E-state index contributed by atoms with van der Waals surface area (Å²) in [4.78, 5) is 0. The van der Waals surface area contributed by atoms with Crippen LogP contribution in [0.25, 0.3) is 10.8 Å². The van der Waals surface area contributed by atoms with Crippen LogP contribution in [0.3, 0.4) is 0 Å². The second-order valence-corrected chi connectivity index (χ2v) is 4.86. The highest BCUT2D eigenvalue weighted by Gasteiger charge is 2.15. The molecule has 1 unspecified atom stereocenters. The Kier molecular flexibility index (Phi) is 4.09. The third-order valence-corrected chi connectivity index (χ3v) is 3.42. The summed E-state index contributed by atoms with van der Waals surface area (Å²) in [6, 6.07) is 11.6. The minimum Gasteiger partial charge on any atom is -0.539 e. The molecular formula is C15H17BO4. The van der Waals surface area contributed by atoms with E-state index >= 15 is 0 Å². The van der Waals surface area contributed by atoms with Crippen molar-refractivity contribution in [1.82, 2.24) is 0 Å². The predicted octanol–water partition coefficient (Wildman–Crippen LogP) is 2.38. The van der Waals surface area contributed by atoms with Crippen LogP contribution in [0.5, 0.6) is 11.5 Å². The number of benzene rings is 2. The zero-order chi connectivity index (χ0) is 13.8. The molecule has 2 aromatic carbocycles. The fraction of sp³-hybridized carbons (Fsp3) is 0.333. The van der Waals surface area contributed by atoms with E-state index in [0.29, 0.717) is 5.75 Å². The molecule has 1 aliphatic rings. The monoisotopic (exact) mass is 272 g/mol. The molecule has 0 aliphatic carbocycles. The van der Waals surface area contributed by atoms with E-state index in [-0.39, 0.29) is 14.0 Å². The van der Waals surface area contributed by atoms with E-state index in [4.69, 9.17) is 19.2 Å². The molecule has 0 spiro atoms. The van der Waals surface area contributed by atoms with E-state index in [0.717, 1.165) is 42.4 Å². The molecule has 1 aliphatic heterocycles. The van der Waals surface area contributed by atoms with E-state index in [1.54, 1.807) is 0 Å². The van der Waals surface area contributed by atoms with Crippen LogP contribution in [-0.2, 0) is 4.74 Å². The molecule has 5 heteroatoms. The van der Waals surface area contributed by atoms with Crippen LogP contribution in [0.4, 0.5) is 0 Å². The second kappa shape index (κ2) is 6.16. The first kappa shape index (κ1) is 13.3. The van der Waals surface area contributed by atoms with Crippen LogP contribution in [-0.4, -0.2) is 25.6 Å². The molecule has 0 saturated carbocycles. The van der Waals surface area contributed by atoms with Crippen molar-refractivity contribution in [2.45, 2.75) is 25.6 Å². The van der Waals surface area contributed by atoms with Gasteiger partial charge in [-0.2, -0.15) is 0 Å². The minimum absolute atomic E-state index is 0.127. The first-order chi connectivity index (χ1) is 9.85. The Morgan fingerprint density at radius 1 is 1.05 bits per heavy atom. The predicted molar refractivity (Wildman–Crippen MR) is 78.2 cm³/mol. The summed E-state index contributed by atoms with van der Waals surface area (Å²) in [5.41, 5.74) is 0. The van der Waals surface area contributed by atoms with Crippen LogP contribution in [0, 0.1) is 0 Å². The smallest absolute Gasteiger partial charge is 0.504 e. The average molecular weight is 272 g/mol. The fourth-order valence-corrected chi connectivity index (χ4v) is 2.40. The lowest BCUT2D eigenvalue weighted by molar-refractivity contribution is -0.105. The highest BCUT2D eigenvalue weighted by molar-refractivity contribution is 6.17. The lowest BCUT2D eigenvalue weighted by Crippen LogP contribution is -2.24. The largest absolute Gasteiger partial charge is 0.539 e. The Hall–Kier alpha value is -1.72. The van der Waals surface area contributed by atoms with Crippen molar-refractivity contribution in [3.05, 3.63) is 36.4 Å². The molecular weight excluding hydrogens is 255 g/mol. The molecule has 4 nitrogen and oxygen atoms in total. The van der Waals surface area contributed by atoms with E-state index in [2.05, 4.69) is 0 Å². The van der Waals surface area contributed by atoms with Gasteiger partial charge >= 0.3 is 7.69 Å². The molecule has 2 aromatic rings. The Morgan fingerprint density at radius 3 is 2.50 bits per heavy atom. The molecule has 20 heavy (non-hydrogen) atoms. The van der Waals surface area contributed by atoms with Gasteiger partial charge < -0.3 is 19.2 Å². The standard InChI is InChI=1S/C15H17BO4/c17-16-20-14-7-5-11-9-13(6-4-12(11)10-14)19-15-3-1-2-8-18-15/h4-7,9-10,15-17H,1-3,8H2. The van der Waals surface area contributed by atoms with E-state index in [1.807, 2.05) is 36.4 Å². The molecule has 1 N–H and O–H groups in total. The molecule has 0 amide bonds. The summed E-state index contributed by atoms with van der Waals surface area (Å²) in [5, 5.41) is 10.9. The van der Waals surface area contributed by atoms with Gasteiger partial charge in [0.15, 0.2) is 6.29 Å². The molecule has 1 heterocycles. The van der Waals surface area contributed by atoms with Gasteiger partial charge in [-0.15, -0.1) is 0 Å². The molecule has 1 fully saturated rings. The van der Waals surface area contributed by atoms with Crippen LogP contribution in [0.15, 0.2) is 36.4 Å². The van der Waals surface area contributed by atoms with Gasteiger partial charge in [-0.3, -0.25) is 0 Å². The topological polar surface area (TPSA) is 47.9 Å². The summed E-state index contributed by atoms with van der Waals surface area (Å²) < 4.78 is 16.5. The summed E-state index contributed by atoms with van der Waals surface area (Å²) >= 11 is 0. The highest BCUT2D eigenvalue weighted by Crippen LogP contribution is 2.26. The Labute approximate surface area is 118 Å². The average Bonchev–Trinajstić information content (AvgIpc) is 2.49. The third kappa shape index (κ3) is 3.06. The Morgan fingerprint density at radius 2 is 1.80 bits per heavy atom. The quantitative estimate of drug-likeness (QED) is 0.868. The zero-order valence-corrected chi connectivity index (χ0v) is 11.2. The molecule has 104 valence electrons. The van der Waals surface area contributed by atoms with E-state index < -0.39 is 0 Å². The van der Waals surface area contributed by atoms with Crippen molar-refractivity contribution in [3.63, 3.8) is 0 Å². The highest BCUT2D eigenvalue weighted by atomic mass is 16.7. The number of hydrogen-bond acceptors (Lipinski definition) is 4. The molecule has 0 radical (unpaired) electrons. The number of rotatable bonds is 4. The van der Waals surface area contributed by atoms with Crippen molar-refractivity contribution in [1.29, 1.82) is 0 Å². The van der Waals surface area contributed by atoms with Crippen molar-refractivity contribution in [2.24, 2.45) is 0 Å². The van der Waals surface area contributed by atoms with Crippen molar-refractivity contribution in [2.75, 3.05) is 6.61 Å². The van der Waals surface area contributed by atoms with E-state index in [9.17, 15) is 0 Å². The molecule has 1 saturated heterocycles. The maximum absolute atomic E-state index is 8.76. The lowest BCUT2D eigenvalue weighted by Gasteiger charge is -2.23. The molecule has 3 rings (SSSR count). The van der Waals surface area contributed by atoms with Gasteiger partial charge in [-0.05, 0) is 47.9 Å². The van der Waals surface area contributed by atoms with Gasteiger partial charge in [0.25, 0.3) is 0 Å². The van der Waals surface area contributed by atoms with Crippen LogP contribution < -0.4 is 9.39 Å². The van der Waals surface area contributed by atoms with Gasteiger partial charge in [0.1, 0.15) is 11.5 Å². The van der Waals surface area contributed by atoms with Crippen LogP contribution >= 0.6 is 0 Å². The maximum Gasteiger partial charge on any atom is 0.504 e. The number of ether oxygens (including phenoxy) is 2. The minimum atomic E-state index is -0.314. The van der Waals surface area contributed by atoms with Gasteiger partial charge in [0.2, 0.25) is 0 Å². The maximum atomic E-state index is 8.76.